The van der Waals surface area contributed by atoms with Crippen LogP contribution in [-0.2, 0) is 0 Å². The van der Waals surface area contributed by atoms with Gasteiger partial charge in [-0.1, -0.05) is 19.8 Å². The summed E-state index contributed by atoms with van der Waals surface area (Å²) in [6.45, 7) is 2.72. The van der Waals surface area contributed by atoms with Gasteiger partial charge in [-0.2, -0.15) is 5.10 Å². The summed E-state index contributed by atoms with van der Waals surface area (Å²) < 4.78 is 20.1. The van der Waals surface area contributed by atoms with Crippen molar-refractivity contribution in [3.63, 3.8) is 0 Å². The molecule has 0 fully saturated rings. The molecular weight excluding hydrogens is 321 g/mol. The molecule has 3 rings (SSSR count). The number of hydrogen-bond donors (Lipinski definition) is 1. The van der Waals surface area contributed by atoms with Gasteiger partial charge in [-0.3, -0.25) is 4.79 Å². The van der Waals surface area contributed by atoms with Gasteiger partial charge in [-0.05, 0) is 42.8 Å². The van der Waals surface area contributed by atoms with Crippen molar-refractivity contribution >= 4 is 5.91 Å². The molecule has 130 valence electrons. The highest BCUT2D eigenvalue weighted by atomic mass is 19.1. The van der Waals surface area contributed by atoms with Crippen molar-refractivity contribution in [3.8, 4) is 17.1 Å². The Labute approximate surface area is 145 Å². The lowest BCUT2D eigenvalue weighted by Gasteiger charge is -2.08. The first-order valence-corrected chi connectivity index (χ1v) is 8.37. The molecule has 5 nitrogen and oxygen atoms in total. The zero-order valence-corrected chi connectivity index (χ0v) is 14.0. The standard InChI is InChI=1S/C19H20FN3O2/c1-2-3-4-11-21-19(24)17-13-16(18-6-5-12-25-18)22-23(17)15-9-7-14(20)8-10-15/h5-10,12-13H,2-4,11H2,1H3,(H,21,24). The van der Waals surface area contributed by atoms with Gasteiger partial charge in [0.15, 0.2) is 5.76 Å². The zero-order valence-electron chi connectivity index (χ0n) is 14.0. The second-order valence-corrected chi connectivity index (χ2v) is 5.74. The number of furan rings is 1. The lowest BCUT2D eigenvalue weighted by atomic mass is 10.2. The lowest BCUT2D eigenvalue weighted by Crippen LogP contribution is -2.26. The number of nitrogens with zero attached hydrogens (tertiary/aromatic N) is 2. The molecule has 25 heavy (non-hydrogen) atoms. The number of carbonyl (C=O) groups is 1. The van der Waals surface area contributed by atoms with Crippen LogP contribution in [0.4, 0.5) is 4.39 Å². The van der Waals surface area contributed by atoms with E-state index in [1.807, 2.05) is 0 Å². The molecule has 0 unspecified atom stereocenters. The molecule has 0 spiro atoms. The fourth-order valence-corrected chi connectivity index (χ4v) is 2.53. The third-order valence-electron chi connectivity index (χ3n) is 3.85. The smallest absolute Gasteiger partial charge is 0.270 e. The predicted octanol–water partition coefficient (Wildman–Crippen LogP) is 4.19. The Bertz CT molecular complexity index is 823. The summed E-state index contributed by atoms with van der Waals surface area (Å²) in [6.07, 6.45) is 4.63. The van der Waals surface area contributed by atoms with Crippen molar-refractivity contribution in [2.24, 2.45) is 0 Å². The average molecular weight is 341 g/mol. The van der Waals surface area contributed by atoms with Gasteiger partial charge in [0.05, 0.1) is 12.0 Å². The van der Waals surface area contributed by atoms with Crippen molar-refractivity contribution in [1.82, 2.24) is 15.1 Å². The lowest BCUT2D eigenvalue weighted by molar-refractivity contribution is 0.0945. The van der Waals surface area contributed by atoms with Gasteiger partial charge in [-0.25, -0.2) is 9.07 Å². The summed E-state index contributed by atoms with van der Waals surface area (Å²) in [4.78, 5) is 12.6. The van der Waals surface area contributed by atoms with Crippen molar-refractivity contribution < 1.29 is 13.6 Å². The first kappa shape index (κ1) is 17.0. The number of halogens is 1. The van der Waals surface area contributed by atoms with Gasteiger partial charge in [0.2, 0.25) is 0 Å². The van der Waals surface area contributed by atoms with Crippen LogP contribution in [0.15, 0.2) is 53.1 Å². The summed E-state index contributed by atoms with van der Waals surface area (Å²) in [5, 5.41) is 7.37. The number of carbonyl (C=O) groups excluding carboxylic acids is 1. The van der Waals surface area contributed by atoms with Crippen LogP contribution in [0.2, 0.25) is 0 Å². The number of unbranched alkanes of at least 4 members (excludes halogenated alkanes) is 2. The van der Waals surface area contributed by atoms with E-state index in [0.717, 1.165) is 19.3 Å². The molecule has 0 aliphatic carbocycles. The fourth-order valence-electron chi connectivity index (χ4n) is 2.53. The predicted molar refractivity (Wildman–Crippen MR) is 93.1 cm³/mol. The maximum atomic E-state index is 13.2. The van der Waals surface area contributed by atoms with E-state index in [2.05, 4.69) is 17.3 Å². The molecule has 0 atom stereocenters. The Morgan fingerprint density at radius 1 is 1.24 bits per heavy atom. The minimum absolute atomic E-state index is 0.217. The highest BCUT2D eigenvalue weighted by molar-refractivity contribution is 5.94. The molecule has 0 aliphatic rings. The van der Waals surface area contributed by atoms with Gasteiger partial charge in [-0.15, -0.1) is 0 Å². The summed E-state index contributed by atoms with van der Waals surface area (Å²) >= 11 is 0. The monoisotopic (exact) mass is 341 g/mol. The van der Waals surface area contributed by atoms with Gasteiger partial charge >= 0.3 is 0 Å². The van der Waals surface area contributed by atoms with Crippen LogP contribution >= 0.6 is 0 Å². The quantitative estimate of drug-likeness (QED) is 0.656. The minimum atomic E-state index is -0.340. The number of hydrogen-bond acceptors (Lipinski definition) is 3. The van der Waals surface area contributed by atoms with Gasteiger partial charge in [0, 0.05) is 12.6 Å². The van der Waals surface area contributed by atoms with E-state index in [4.69, 9.17) is 4.42 Å². The molecule has 0 radical (unpaired) electrons. The topological polar surface area (TPSA) is 60.1 Å². The minimum Gasteiger partial charge on any atom is -0.463 e. The Balaban J connectivity index is 1.91. The van der Waals surface area contributed by atoms with E-state index in [9.17, 15) is 9.18 Å². The number of aromatic nitrogens is 2. The Hall–Kier alpha value is -2.89. The molecule has 3 aromatic rings. The summed E-state index contributed by atoms with van der Waals surface area (Å²) in [6, 6.07) is 11.1. The highest BCUT2D eigenvalue weighted by Crippen LogP contribution is 2.22. The Kier molecular flexibility index (Phi) is 5.28. The number of amides is 1. The fraction of sp³-hybridized carbons (Fsp3) is 0.263. The van der Waals surface area contributed by atoms with Crippen LogP contribution in [0.3, 0.4) is 0 Å². The highest BCUT2D eigenvalue weighted by Gasteiger charge is 2.18. The first-order chi connectivity index (χ1) is 12.2. The molecule has 0 saturated heterocycles. The van der Waals surface area contributed by atoms with Gasteiger partial charge in [0.25, 0.3) is 5.91 Å². The summed E-state index contributed by atoms with van der Waals surface area (Å²) in [7, 11) is 0. The van der Waals surface area contributed by atoms with E-state index in [0.29, 0.717) is 29.4 Å². The first-order valence-electron chi connectivity index (χ1n) is 8.37. The maximum absolute atomic E-state index is 13.2. The Morgan fingerprint density at radius 3 is 2.72 bits per heavy atom. The van der Waals surface area contributed by atoms with Crippen LogP contribution in [0.25, 0.3) is 17.1 Å². The molecule has 6 heteroatoms. The van der Waals surface area contributed by atoms with E-state index < -0.39 is 0 Å². The van der Waals surface area contributed by atoms with Gasteiger partial charge in [0.1, 0.15) is 17.2 Å². The largest absolute Gasteiger partial charge is 0.463 e. The second-order valence-electron chi connectivity index (χ2n) is 5.74. The number of rotatable bonds is 7. The molecular formula is C19H20FN3O2. The van der Waals surface area contributed by atoms with Crippen molar-refractivity contribution in [1.29, 1.82) is 0 Å². The second kappa shape index (κ2) is 7.79. The van der Waals surface area contributed by atoms with Crippen LogP contribution in [0.5, 0.6) is 0 Å². The van der Waals surface area contributed by atoms with E-state index >= 15 is 0 Å². The normalized spacial score (nSPS) is 10.8. The van der Waals surface area contributed by atoms with E-state index in [1.165, 1.54) is 16.8 Å². The average Bonchev–Trinajstić information content (AvgIpc) is 3.28. The maximum Gasteiger partial charge on any atom is 0.270 e. The molecule has 0 saturated carbocycles. The third-order valence-corrected chi connectivity index (χ3v) is 3.85. The molecule has 1 aromatic carbocycles. The molecule has 0 bridgehead atoms. The van der Waals surface area contributed by atoms with Crippen LogP contribution in [0.1, 0.15) is 36.7 Å². The van der Waals surface area contributed by atoms with Crippen LogP contribution in [-0.4, -0.2) is 22.2 Å². The summed E-state index contributed by atoms with van der Waals surface area (Å²) in [5.41, 5.74) is 1.54. The van der Waals surface area contributed by atoms with Crippen molar-refractivity contribution in [3.05, 3.63) is 60.2 Å². The summed E-state index contributed by atoms with van der Waals surface area (Å²) in [5.74, 6) is 0.0133. The third kappa shape index (κ3) is 3.96. The molecule has 1 amide bonds. The molecule has 2 aromatic heterocycles. The molecule has 0 aliphatic heterocycles. The number of nitrogens with one attached hydrogen (secondary N) is 1. The van der Waals surface area contributed by atoms with Crippen LogP contribution in [0, 0.1) is 5.82 Å². The van der Waals surface area contributed by atoms with Crippen molar-refractivity contribution in [2.45, 2.75) is 26.2 Å². The van der Waals surface area contributed by atoms with Crippen LogP contribution < -0.4 is 5.32 Å². The Morgan fingerprint density at radius 2 is 2.04 bits per heavy atom. The molecule has 1 N–H and O–H groups in total. The number of benzene rings is 1. The zero-order chi connectivity index (χ0) is 17.6. The van der Waals surface area contributed by atoms with E-state index in [-0.39, 0.29) is 11.7 Å². The van der Waals surface area contributed by atoms with E-state index in [1.54, 1.807) is 36.6 Å². The van der Waals surface area contributed by atoms with Crippen molar-refractivity contribution in [2.75, 3.05) is 6.54 Å². The van der Waals surface area contributed by atoms with Gasteiger partial charge < -0.3 is 9.73 Å². The molecule has 2 heterocycles. The SMILES string of the molecule is CCCCCNC(=O)c1cc(-c2ccco2)nn1-c1ccc(F)cc1.